The first-order chi connectivity index (χ1) is 15.5. The molecule has 1 amide bonds. The second-order valence-electron chi connectivity index (χ2n) is 8.56. The van der Waals surface area contributed by atoms with E-state index in [0.717, 1.165) is 44.0 Å². The van der Waals surface area contributed by atoms with Gasteiger partial charge in [-0.3, -0.25) is 14.7 Å². The molecule has 1 heterocycles. The Balaban J connectivity index is 1.45. The number of aliphatic imine (C=N–C) groups is 1. The van der Waals surface area contributed by atoms with Crippen molar-refractivity contribution in [2.45, 2.75) is 52.2 Å². The molecule has 2 unspecified atom stereocenters. The molecule has 0 saturated carbocycles. The van der Waals surface area contributed by atoms with Crippen molar-refractivity contribution in [3.8, 4) is 0 Å². The molecule has 0 aliphatic carbocycles. The van der Waals surface area contributed by atoms with E-state index < -0.39 is 0 Å². The van der Waals surface area contributed by atoms with Gasteiger partial charge >= 0.3 is 0 Å². The lowest BCUT2D eigenvalue weighted by atomic mass is 9.97. The molecule has 3 rings (SSSR count). The Kier molecular flexibility index (Phi) is 9.11. The molecule has 0 radical (unpaired) electrons. The summed E-state index contributed by atoms with van der Waals surface area (Å²) in [5.74, 6) is 0.771. The highest BCUT2D eigenvalue weighted by Gasteiger charge is 2.25. The first kappa shape index (κ1) is 23.8. The molecule has 1 aliphatic heterocycles. The first-order valence-corrected chi connectivity index (χ1v) is 11.7. The van der Waals surface area contributed by atoms with Gasteiger partial charge in [0.05, 0.1) is 6.54 Å². The SMILES string of the molecule is CCNC(=NCCNC(=O)c1cccc(C)c1)NC1CCN(Cc2ccccc2)C(C)C1. The van der Waals surface area contributed by atoms with Crippen LogP contribution >= 0.6 is 0 Å². The lowest BCUT2D eigenvalue weighted by Crippen LogP contribution is -2.51. The fourth-order valence-electron chi connectivity index (χ4n) is 4.14. The van der Waals surface area contributed by atoms with Gasteiger partial charge in [0.1, 0.15) is 0 Å². The third kappa shape index (κ3) is 7.38. The van der Waals surface area contributed by atoms with Gasteiger partial charge in [-0.05, 0) is 51.3 Å². The van der Waals surface area contributed by atoms with E-state index in [9.17, 15) is 4.79 Å². The number of hydrogen-bond acceptors (Lipinski definition) is 3. The summed E-state index contributed by atoms with van der Waals surface area (Å²) >= 11 is 0. The molecule has 6 heteroatoms. The minimum atomic E-state index is -0.0542. The van der Waals surface area contributed by atoms with Crippen LogP contribution < -0.4 is 16.0 Å². The molecule has 32 heavy (non-hydrogen) atoms. The van der Waals surface area contributed by atoms with E-state index in [0.29, 0.717) is 30.7 Å². The minimum Gasteiger partial charge on any atom is -0.357 e. The zero-order valence-corrected chi connectivity index (χ0v) is 19.6. The number of nitrogens with one attached hydrogen (secondary N) is 3. The predicted molar refractivity (Wildman–Crippen MR) is 132 cm³/mol. The van der Waals surface area contributed by atoms with Gasteiger partial charge in [-0.15, -0.1) is 0 Å². The number of piperidine rings is 1. The van der Waals surface area contributed by atoms with E-state index in [1.807, 2.05) is 31.2 Å². The highest BCUT2D eigenvalue weighted by molar-refractivity contribution is 5.94. The maximum Gasteiger partial charge on any atom is 0.251 e. The number of nitrogens with zero attached hydrogens (tertiary/aromatic N) is 2. The quantitative estimate of drug-likeness (QED) is 0.338. The van der Waals surface area contributed by atoms with Crippen LogP contribution in [0.4, 0.5) is 0 Å². The lowest BCUT2D eigenvalue weighted by Gasteiger charge is -2.38. The van der Waals surface area contributed by atoms with Gasteiger partial charge in [0, 0.05) is 43.8 Å². The van der Waals surface area contributed by atoms with Crippen LogP contribution in [-0.4, -0.2) is 55.0 Å². The Morgan fingerprint density at radius 3 is 2.66 bits per heavy atom. The molecular weight excluding hydrogens is 398 g/mol. The average Bonchev–Trinajstić information content (AvgIpc) is 2.79. The highest BCUT2D eigenvalue weighted by Crippen LogP contribution is 2.19. The van der Waals surface area contributed by atoms with E-state index in [2.05, 4.69) is 70.0 Å². The van der Waals surface area contributed by atoms with E-state index >= 15 is 0 Å². The van der Waals surface area contributed by atoms with Crippen molar-refractivity contribution >= 4 is 11.9 Å². The molecule has 2 atom stereocenters. The summed E-state index contributed by atoms with van der Waals surface area (Å²) in [4.78, 5) is 19.5. The number of likely N-dealkylation sites (tertiary alicyclic amines) is 1. The Morgan fingerprint density at radius 1 is 1.12 bits per heavy atom. The predicted octanol–water partition coefficient (Wildman–Crippen LogP) is 3.33. The molecule has 1 aliphatic rings. The minimum absolute atomic E-state index is 0.0542. The summed E-state index contributed by atoms with van der Waals surface area (Å²) in [6.45, 7) is 10.3. The maximum atomic E-state index is 12.3. The topological polar surface area (TPSA) is 68.8 Å². The van der Waals surface area contributed by atoms with Gasteiger partial charge in [0.25, 0.3) is 5.91 Å². The zero-order chi connectivity index (χ0) is 22.8. The van der Waals surface area contributed by atoms with Crippen LogP contribution in [0.1, 0.15) is 48.2 Å². The van der Waals surface area contributed by atoms with Gasteiger partial charge in [0.2, 0.25) is 0 Å². The summed E-state index contributed by atoms with van der Waals surface area (Å²) in [6.07, 6.45) is 2.17. The Hall–Kier alpha value is -2.86. The van der Waals surface area contributed by atoms with Crippen molar-refractivity contribution in [1.82, 2.24) is 20.9 Å². The molecule has 2 aromatic carbocycles. The molecule has 0 aromatic heterocycles. The molecule has 172 valence electrons. The van der Waals surface area contributed by atoms with Crippen LogP contribution in [0.15, 0.2) is 59.6 Å². The smallest absolute Gasteiger partial charge is 0.251 e. The summed E-state index contributed by atoms with van der Waals surface area (Å²) < 4.78 is 0. The van der Waals surface area contributed by atoms with Gasteiger partial charge in [-0.25, -0.2) is 0 Å². The number of guanidine groups is 1. The van der Waals surface area contributed by atoms with Gasteiger partial charge in [-0.1, -0.05) is 48.0 Å². The molecule has 1 fully saturated rings. The highest BCUT2D eigenvalue weighted by atomic mass is 16.1. The Bertz CT molecular complexity index is 883. The summed E-state index contributed by atoms with van der Waals surface area (Å²) in [6, 6.07) is 19.2. The third-order valence-corrected chi connectivity index (χ3v) is 5.87. The summed E-state index contributed by atoms with van der Waals surface area (Å²) in [7, 11) is 0. The number of carbonyl (C=O) groups excluding carboxylic acids is 1. The number of carbonyl (C=O) groups is 1. The third-order valence-electron chi connectivity index (χ3n) is 5.87. The molecule has 2 aromatic rings. The van der Waals surface area contributed by atoms with Gasteiger partial charge in [0.15, 0.2) is 5.96 Å². The van der Waals surface area contributed by atoms with Crippen molar-refractivity contribution in [2.75, 3.05) is 26.2 Å². The second kappa shape index (κ2) is 12.2. The summed E-state index contributed by atoms with van der Waals surface area (Å²) in [5.41, 5.74) is 3.14. The number of aryl methyl sites for hydroxylation is 1. The average molecular weight is 436 g/mol. The number of amides is 1. The number of rotatable bonds is 8. The molecule has 1 saturated heterocycles. The normalized spacial score (nSPS) is 19.4. The van der Waals surface area contributed by atoms with Crippen molar-refractivity contribution in [1.29, 1.82) is 0 Å². The second-order valence-corrected chi connectivity index (χ2v) is 8.56. The summed E-state index contributed by atoms with van der Waals surface area (Å²) in [5, 5.41) is 9.89. The molecule has 3 N–H and O–H groups in total. The largest absolute Gasteiger partial charge is 0.357 e. The van der Waals surface area contributed by atoms with E-state index in [-0.39, 0.29) is 5.91 Å². The van der Waals surface area contributed by atoms with Crippen LogP contribution in [-0.2, 0) is 6.54 Å². The monoisotopic (exact) mass is 435 g/mol. The number of hydrogen-bond donors (Lipinski definition) is 3. The van der Waals surface area contributed by atoms with Crippen LogP contribution in [0, 0.1) is 6.92 Å². The van der Waals surface area contributed by atoms with Gasteiger partial charge < -0.3 is 16.0 Å². The van der Waals surface area contributed by atoms with Crippen molar-refractivity contribution in [3.05, 3.63) is 71.3 Å². The number of benzene rings is 2. The van der Waals surface area contributed by atoms with Crippen molar-refractivity contribution in [3.63, 3.8) is 0 Å². The van der Waals surface area contributed by atoms with Crippen LogP contribution in [0.3, 0.4) is 0 Å². The van der Waals surface area contributed by atoms with Gasteiger partial charge in [-0.2, -0.15) is 0 Å². The Labute approximate surface area is 192 Å². The van der Waals surface area contributed by atoms with Crippen molar-refractivity contribution < 1.29 is 4.79 Å². The Morgan fingerprint density at radius 2 is 1.94 bits per heavy atom. The fourth-order valence-corrected chi connectivity index (χ4v) is 4.14. The van der Waals surface area contributed by atoms with Crippen LogP contribution in [0.5, 0.6) is 0 Å². The van der Waals surface area contributed by atoms with Crippen LogP contribution in [0.25, 0.3) is 0 Å². The standard InChI is InChI=1S/C26H37N5O/c1-4-27-26(29-15-14-28-25(32)23-12-8-9-20(2)17-23)30-24-13-16-31(21(3)18-24)19-22-10-6-5-7-11-22/h5-12,17,21,24H,4,13-16,18-19H2,1-3H3,(H,28,32)(H2,27,29,30). The lowest BCUT2D eigenvalue weighted by molar-refractivity contribution is 0.0954. The van der Waals surface area contributed by atoms with E-state index in [4.69, 9.17) is 0 Å². The van der Waals surface area contributed by atoms with Crippen LogP contribution in [0.2, 0.25) is 0 Å². The molecule has 0 bridgehead atoms. The molecular formula is C26H37N5O. The van der Waals surface area contributed by atoms with Crippen molar-refractivity contribution in [2.24, 2.45) is 4.99 Å². The molecule has 6 nitrogen and oxygen atoms in total. The van der Waals surface area contributed by atoms with E-state index in [1.54, 1.807) is 0 Å². The zero-order valence-electron chi connectivity index (χ0n) is 19.6. The fraction of sp³-hybridized carbons (Fsp3) is 0.462. The first-order valence-electron chi connectivity index (χ1n) is 11.7. The van der Waals surface area contributed by atoms with E-state index in [1.165, 1.54) is 5.56 Å². The molecule has 0 spiro atoms. The maximum absolute atomic E-state index is 12.3.